The molecule has 3 heterocycles. The van der Waals surface area contributed by atoms with Gasteiger partial charge in [0.1, 0.15) is 5.65 Å². The maximum Gasteiger partial charge on any atom is 0.260 e. The normalized spacial score (nSPS) is 15.2. The molecule has 2 aromatic heterocycles. The Morgan fingerprint density at radius 3 is 2.50 bits per heavy atom. The largest absolute Gasteiger partial charge is 0.292 e. The van der Waals surface area contributed by atoms with Crippen molar-refractivity contribution >= 4 is 32.8 Å². The zero-order valence-corrected chi connectivity index (χ0v) is 18.9. The van der Waals surface area contributed by atoms with Gasteiger partial charge >= 0.3 is 0 Å². The van der Waals surface area contributed by atoms with Crippen LogP contribution in [0.15, 0.2) is 45.3 Å². The van der Waals surface area contributed by atoms with E-state index in [1.54, 1.807) is 35.0 Å². The van der Waals surface area contributed by atoms with Crippen molar-refractivity contribution in [3.05, 3.63) is 46.4 Å². The van der Waals surface area contributed by atoms with E-state index >= 15 is 0 Å². The van der Waals surface area contributed by atoms with Crippen LogP contribution < -0.4 is 5.56 Å². The summed E-state index contributed by atoms with van der Waals surface area (Å²) in [5.74, 6) is 0. The average Bonchev–Trinajstić information content (AvgIpc) is 3.29. The van der Waals surface area contributed by atoms with E-state index in [0.717, 1.165) is 29.4 Å². The van der Waals surface area contributed by atoms with Crippen LogP contribution in [0.25, 0.3) is 22.2 Å². The molecule has 4 rings (SSSR count). The summed E-state index contributed by atoms with van der Waals surface area (Å²) in [6.07, 6.45) is 5.41. The number of hydrogen-bond acceptors (Lipinski definition) is 6. The number of aryl methyl sites for hydroxylation is 2. The van der Waals surface area contributed by atoms with Crippen molar-refractivity contribution in [1.82, 2.24) is 18.8 Å². The van der Waals surface area contributed by atoms with Gasteiger partial charge < -0.3 is 0 Å². The highest BCUT2D eigenvalue weighted by Crippen LogP contribution is 2.28. The van der Waals surface area contributed by atoms with Crippen LogP contribution in [0.1, 0.15) is 25.3 Å². The van der Waals surface area contributed by atoms with Crippen LogP contribution in [-0.2, 0) is 16.6 Å². The van der Waals surface area contributed by atoms with Crippen molar-refractivity contribution in [2.24, 2.45) is 0 Å². The number of fused-ring (bicyclic) bond motifs is 1. The fraction of sp³-hybridized carbons (Fsp3) is 0.381. The van der Waals surface area contributed by atoms with Crippen molar-refractivity contribution in [3.63, 3.8) is 0 Å². The standard InChI is InChI=1S/C21H24N4O3S2/c1-4-25-19-15(13-22-21(23-19)29-3)12-18(20(25)26)17-8-7-16(11-14(17)2)30(27,28)24-9-5-6-10-24/h7-8,11-13H,4-6,9-10H2,1-3H3. The third-order valence-corrected chi connectivity index (χ3v) is 7.95. The molecule has 0 atom stereocenters. The Morgan fingerprint density at radius 1 is 1.13 bits per heavy atom. The molecule has 9 heteroatoms. The van der Waals surface area contributed by atoms with Crippen LogP contribution >= 0.6 is 11.8 Å². The summed E-state index contributed by atoms with van der Waals surface area (Å²) in [4.78, 5) is 22.3. The first-order valence-electron chi connectivity index (χ1n) is 9.92. The second-order valence-corrected chi connectivity index (χ2v) is 10.0. The smallest absolute Gasteiger partial charge is 0.260 e. The lowest BCUT2D eigenvalue weighted by Gasteiger charge is -2.17. The van der Waals surface area contributed by atoms with Crippen LogP contribution in [0, 0.1) is 6.92 Å². The van der Waals surface area contributed by atoms with Crippen molar-refractivity contribution in [2.45, 2.75) is 43.3 Å². The number of rotatable bonds is 5. The highest BCUT2D eigenvalue weighted by molar-refractivity contribution is 7.98. The maximum atomic E-state index is 13.2. The molecule has 1 saturated heterocycles. The molecule has 1 fully saturated rings. The Kier molecular flexibility index (Phi) is 5.69. The predicted octanol–water partition coefficient (Wildman–Crippen LogP) is 3.29. The van der Waals surface area contributed by atoms with Crippen LogP contribution in [0.4, 0.5) is 0 Å². The molecule has 1 aromatic carbocycles. The van der Waals surface area contributed by atoms with E-state index in [0.29, 0.717) is 36.0 Å². The first-order chi connectivity index (χ1) is 14.4. The quantitative estimate of drug-likeness (QED) is 0.443. The van der Waals surface area contributed by atoms with Gasteiger partial charge in [-0.05, 0) is 62.3 Å². The molecule has 3 aromatic rings. The first-order valence-corrected chi connectivity index (χ1v) is 12.6. The van der Waals surface area contributed by atoms with Gasteiger partial charge in [-0.3, -0.25) is 9.36 Å². The Morgan fingerprint density at radius 2 is 1.87 bits per heavy atom. The number of benzene rings is 1. The Balaban J connectivity index is 1.84. The SMILES string of the molecule is CCn1c(=O)c(-c2ccc(S(=O)(=O)N3CCCC3)cc2C)cc2cnc(SC)nc21. The Labute approximate surface area is 180 Å². The van der Waals surface area contributed by atoms with E-state index < -0.39 is 10.0 Å². The molecule has 0 N–H and O–H groups in total. The van der Waals surface area contributed by atoms with Crippen molar-refractivity contribution < 1.29 is 8.42 Å². The third-order valence-electron chi connectivity index (χ3n) is 5.49. The van der Waals surface area contributed by atoms with Gasteiger partial charge in [0.15, 0.2) is 5.16 Å². The van der Waals surface area contributed by atoms with Crippen LogP contribution in [-0.4, -0.2) is 46.6 Å². The van der Waals surface area contributed by atoms with E-state index in [-0.39, 0.29) is 10.5 Å². The van der Waals surface area contributed by atoms with Gasteiger partial charge in [0, 0.05) is 36.8 Å². The molecular weight excluding hydrogens is 420 g/mol. The molecule has 0 unspecified atom stereocenters. The van der Waals surface area contributed by atoms with Gasteiger partial charge in [0.05, 0.1) is 4.90 Å². The summed E-state index contributed by atoms with van der Waals surface area (Å²) in [7, 11) is -3.50. The second kappa shape index (κ2) is 8.13. The van der Waals surface area contributed by atoms with Gasteiger partial charge in [-0.2, -0.15) is 4.31 Å². The van der Waals surface area contributed by atoms with Crippen LogP contribution in [0.2, 0.25) is 0 Å². The molecule has 1 aliphatic heterocycles. The Bertz CT molecular complexity index is 1280. The second-order valence-electron chi connectivity index (χ2n) is 7.33. The summed E-state index contributed by atoms with van der Waals surface area (Å²) >= 11 is 1.43. The molecule has 0 amide bonds. The van der Waals surface area contributed by atoms with Crippen LogP contribution in [0.3, 0.4) is 0 Å². The van der Waals surface area contributed by atoms with E-state index in [2.05, 4.69) is 9.97 Å². The van der Waals surface area contributed by atoms with Gasteiger partial charge in [0.25, 0.3) is 5.56 Å². The number of pyridine rings is 1. The molecule has 1 aliphatic rings. The summed E-state index contributed by atoms with van der Waals surface area (Å²) < 4.78 is 28.9. The van der Waals surface area contributed by atoms with E-state index in [9.17, 15) is 13.2 Å². The zero-order valence-electron chi connectivity index (χ0n) is 17.3. The maximum absolute atomic E-state index is 13.2. The number of thioether (sulfide) groups is 1. The minimum Gasteiger partial charge on any atom is -0.292 e. The lowest BCUT2D eigenvalue weighted by Crippen LogP contribution is -2.28. The Hall–Kier alpha value is -2.23. The van der Waals surface area contributed by atoms with Gasteiger partial charge in [-0.1, -0.05) is 17.8 Å². The monoisotopic (exact) mass is 444 g/mol. The van der Waals surface area contributed by atoms with Crippen molar-refractivity contribution in [2.75, 3.05) is 19.3 Å². The lowest BCUT2D eigenvalue weighted by atomic mass is 10.0. The van der Waals surface area contributed by atoms with Gasteiger partial charge in [-0.25, -0.2) is 18.4 Å². The molecule has 158 valence electrons. The minimum atomic E-state index is -3.50. The van der Waals surface area contributed by atoms with Gasteiger partial charge in [-0.15, -0.1) is 0 Å². The molecule has 30 heavy (non-hydrogen) atoms. The summed E-state index contributed by atoms with van der Waals surface area (Å²) in [5.41, 5.74) is 2.45. The highest BCUT2D eigenvalue weighted by atomic mass is 32.2. The first kappa shape index (κ1) is 21.0. The predicted molar refractivity (Wildman–Crippen MR) is 119 cm³/mol. The molecular formula is C21H24N4O3S2. The van der Waals surface area contributed by atoms with Crippen molar-refractivity contribution in [3.8, 4) is 11.1 Å². The molecule has 0 saturated carbocycles. The number of hydrogen-bond donors (Lipinski definition) is 0. The van der Waals surface area contributed by atoms with E-state index in [1.165, 1.54) is 16.1 Å². The van der Waals surface area contributed by atoms with Crippen molar-refractivity contribution in [1.29, 1.82) is 0 Å². The molecule has 0 bridgehead atoms. The fourth-order valence-corrected chi connectivity index (χ4v) is 5.84. The highest BCUT2D eigenvalue weighted by Gasteiger charge is 2.27. The zero-order chi connectivity index (χ0) is 21.5. The topological polar surface area (TPSA) is 85.2 Å². The number of aromatic nitrogens is 3. The number of sulfonamides is 1. The molecule has 7 nitrogen and oxygen atoms in total. The minimum absolute atomic E-state index is 0.144. The molecule has 0 aliphatic carbocycles. The summed E-state index contributed by atoms with van der Waals surface area (Å²) in [6, 6.07) is 6.79. The van der Waals surface area contributed by atoms with E-state index in [1.807, 2.05) is 20.1 Å². The molecule has 0 spiro atoms. The lowest BCUT2D eigenvalue weighted by molar-refractivity contribution is 0.477. The fourth-order valence-electron chi connectivity index (χ4n) is 3.90. The van der Waals surface area contributed by atoms with Gasteiger partial charge in [0.2, 0.25) is 10.0 Å². The summed E-state index contributed by atoms with van der Waals surface area (Å²) in [5, 5.41) is 1.39. The summed E-state index contributed by atoms with van der Waals surface area (Å²) in [6.45, 7) is 5.35. The molecule has 0 radical (unpaired) electrons. The average molecular weight is 445 g/mol. The van der Waals surface area contributed by atoms with Crippen LogP contribution in [0.5, 0.6) is 0 Å². The number of nitrogens with zero attached hydrogens (tertiary/aromatic N) is 4. The third kappa shape index (κ3) is 3.55. The van der Waals surface area contributed by atoms with E-state index in [4.69, 9.17) is 0 Å².